The first-order chi connectivity index (χ1) is 6.70. The molecule has 0 aliphatic carbocycles. The molecule has 1 heterocycles. The molecule has 0 bridgehead atoms. The Bertz CT molecular complexity index is 261. The molecule has 78 valence electrons. The number of nitrogens with one attached hydrogen (secondary N) is 1. The fourth-order valence-corrected chi connectivity index (χ4v) is 1.70. The third-order valence-electron chi connectivity index (χ3n) is 2.48. The maximum absolute atomic E-state index is 3.77. The minimum atomic E-state index is 0.518. The molecule has 2 heteroatoms. The van der Waals surface area contributed by atoms with Gasteiger partial charge in [0, 0.05) is 18.3 Å². The van der Waals surface area contributed by atoms with Crippen molar-refractivity contribution in [1.82, 2.24) is 10.2 Å². The quantitative estimate of drug-likeness (QED) is 0.722. The van der Waals surface area contributed by atoms with E-state index in [2.05, 4.69) is 49.7 Å². The van der Waals surface area contributed by atoms with Crippen molar-refractivity contribution in [3.63, 3.8) is 0 Å². The van der Waals surface area contributed by atoms with Crippen molar-refractivity contribution in [3.05, 3.63) is 36.1 Å². The van der Waals surface area contributed by atoms with Crippen molar-refractivity contribution in [2.75, 3.05) is 13.2 Å². The van der Waals surface area contributed by atoms with E-state index in [9.17, 15) is 0 Å². The second kappa shape index (κ2) is 5.01. The minimum Gasteiger partial charge on any atom is -0.356 e. The summed E-state index contributed by atoms with van der Waals surface area (Å²) in [5.41, 5.74) is 2.65. The van der Waals surface area contributed by atoms with Gasteiger partial charge in [-0.15, -0.1) is 0 Å². The summed E-state index contributed by atoms with van der Waals surface area (Å²) in [6.07, 6.45) is 6.12. The summed E-state index contributed by atoms with van der Waals surface area (Å²) in [5.74, 6) is 0. The molecule has 1 saturated heterocycles. The normalized spacial score (nSPS) is 23.6. The lowest BCUT2D eigenvalue weighted by molar-refractivity contribution is 0.251. The van der Waals surface area contributed by atoms with Gasteiger partial charge in [-0.05, 0) is 32.4 Å². The SMILES string of the molecule is C=C/C=C1\C(=C/C)CNCN1C(C)C. The number of allylic oxidation sites excluding steroid dienone is 3. The number of hydrogen-bond donors (Lipinski definition) is 1. The molecule has 0 aromatic carbocycles. The van der Waals surface area contributed by atoms with Crippen molar-refractivity contribution in [2.24, 2.45) is 0 Å². The van der Waals surface area contributed by atoms with Gasteiger partial charge >= 0.3 is 0 Å². The Morgan fingerprint density at radius 3 is 2.71 bits per heavy atom. The van der Waals surface area contributed by atoms with Crippen LogP contribution in [0, 0.1) is 0 Å². The molecule has 0 amide bonds. The molecular weight excluding hydrogens is 172 g/mol. The summed E-state index contributed by atoms with van der Waals surface area (Å²) in [6.45, 7) is 12.1. The third-order valence-corrected chi connectivity index (χ3v) is 2.48. The largest absolute Gasteiger partial charge is 0.356 e. The van der Waals surface area contributed by atoms with Crippen LogP contribution in [0.1, 0.15) is 20.8 Å². The first-order valence-electron chi connectivity index (χ1n) is 5.16. The summed E-state index contributed by atoms with van der Waals surface area (Å²) in [5, 5.41) is 3.39. The smallest absolute Gasteiger partial charge is 0.0687 e. The van der Waals surface area contributed by atoms with Crippen LogP contribution in [0.25, 0.3) is 0 Å². The molecule has 0 radical (unpaired) electrons. The van der Waals surface area contributed by atoms with E-state index in [1.807, 2.05) is 6.08 Å². The van der Waals surface area contributed by atoms with E-state index in [0.29, 0.717) is 6.04 Å². The van der Waals surface area contributed by atoms with Gasteiger partial charge in [0.05, 0.1) is 6.67 Å². The Morgan fingerprint density at radius 2 is 2.21 bits per heavy atom. The third kappa shape index (κ3) is 2.26. The van der Waals surface area contributed by atoms with E-state index in [4.69, 9.17) is 0 Å². The Balaban J connectivity index is 2.95. The van der Waals surface area contributed by atoms with Crippen LogP contribution < -0.4 is 5.32 Å². The van der Waals surface area contributed by atoms with Crippen molar-refractivity contribution in [3.8, 4) is 0 Å². The number of nitrogens with zero attached hydrogens (tertiary/aromatic N) is 1. The predicted molar refractivity (Wildman–Crippen MR) is 61.9 cm³/mol. The summed E-state index contributed by atoms with van der Waals surface area (Å²) in [4.78, 5) is 2.35. The monoisotopic (exact) mass is 192 g/mol. The molecule has 14 heavy (non-hydrogen) atoms. The average molecular weight is 192 g/mol. The first-order valence-corrected chi connectivity index (χ1v) is 5.16. The van der Waals surface area contributed by atoms with Crippen molar-refractivity contribution >= 4 is 0 Å². The van der Waals surface area contributed by atoms with Gasteiger partial charge in [-0.1, -0.05) is 18.7 Å². The first kappa shape index (κ1) is 11.1. The zero-order chi connectivity index (χ0) is 10.6. The van der Waals surface area contributed by atoms with Crippen LogP contribution in [0.5, 0.6) is 0 Å². The molecule has 0 aromatic heterocycles. The van der Waals surface area contributed by atoms with Crippen molar-refractivity contribution < 1.29 is 0 Å². The van der Waals surface area contributed by atoms with E-state index in [1.54, 1.807) is 0 Å². The van der Waals surface area contributed by atoms with Gasteiger partial charge in [-0.2, -0.15) is 0 Å². The predicted octanol–water partition coefficient (Wildman–Crippen LogP) is 2.27. The van der Waals surface area contributed by atoms with E-state index in [-0.39, 0.29) is 0 Å². The molecule has 1 aliphatic heterocycles. The lowest BCUT2D eigenvalue weighted by atomic mass is 10.1. The van der Waals surface area contributed by atoms with Gasteiger partial charge < -0.3 is 4.90 Å². The number of hydrogen-bond acceptors (Lipinski definition) is 2. The van der Waals surface area contributed by atoms with Crippen LogP contribution in [0.3, 0.4) is 0 Å². The maximum atomic E-state index is 3.77. The molecule has 1 aliphatic rings. The van der Waals surface area contributed by atoms with Crippen LogP contribution in [-0.2, 0) is 0 Å². The van der Waals surface area contributed by atoms with Gasteiger partial charge in [-0.3, -0.25) is 5.32 Å². The molecule has 1 N–H and O–H groups in total. The van der Waals surface area contributed by atoms with Gasteiger partial charge in [-0.25, -0.2) is 0 Å². The second-order valence-electron chi connectivity index (χ2n) is 3.75. The fraction of sp³-hybridized carbons (Fsp3) is 0.500. The lowest BCUT2D eigenvalue weighted by Gasteiger charge is -2.37. The molecule has 0 saturated carbocycles. The molecule has 1 fully saturated rings. The highest BCUT2D eigenvalue weighted by atomic mass is 15.3. The van der Waals surface area contributed by atoms with E-state index < -0.39 is 0 Å². The summed E-state index contributed by atoms with van der Waals surface area (Å²) in [7, 11) is 0. The zero-order valence-electron chi connectivity index (χ0n) is 9.38. The molecular formula is C12H20N2. The van der Waals surface area contributed by atoms with Crippen LogP contribution in [-0.4, -0.2) is 24.2 Å². The van der Waals surface area contributed by atoms with E-state index in [0.717, 1.165) is 13.2 Å². The van der Waals surface area contributed by atoms with Crippen LogP contribution in [0.15, 0.2) is 36.1 Å². The summed E-state index contributed by atoms with van der Waals surface area (Å²) in [6, 6.07) is 0.518. The summed E-state index contributed by atoms with van der Waals surface area (Å²) >= 11 is 0. The van der Waals surface area contributed by atoms with Crippen molar-refractivity contribution in [1.29, 1.82) is 0 Å². The van der Waals surface area contributed by atoms with Gasteiger partial charge in [0.25, 0.3) is 0 Å². The zero-order valence-corrected chi connectivity index (χ0v) is 9.38. The van der Waals surface area contributed by atoms with Crippen LogP contribution >= 0.6 is 0 Å². The van der Waals surface area contributed by atoms with Crippen LogP contribution in [0.4, 0.5) is 0 Å². The second-order valence-corrected chi connectivity index (χ2v) is 3.75. The average Bonchev–Trinajstić information content (AvgIpc) is 2.18. The highest BCUT2D eigenvalue weighted by Gasteiger charge is 2.19. The standard InChI is InChI=1S/C12H20N2/c1-5-7-12-11(6-2)8-13-9-14(12)10(3)4/h5-7,10,13H,1,8-9H2,2-4H3/b11-6-,12-7+. The lowest BCUT2D eigenvalue weighted by Crippen LogP contribution is -2.44. The summed E-state index contributed by atoms with van der Waals surface area (Å²) < 4.78 is 0. The highest BCUT2D eigenvalue weighted by Crippen LogP contribution is 2.20. The van der Waals surface area contributed by atoms with Gasteiger partial charge in [0.2, 0.25) is 0 Å². The van der Waals surface area contributed by atoms with Gasteiger partial charge in [0.1, 0.15) is 0 Å². The molecule has 0 aromatic rings. The molecule has 0 atom stereocenters. The highest BCUT2D eigenvalue weighted by molar-refractivity contribution is 5.35. The van der Waals surface area contributed by atoms with E-state index in [1.165, 1.54) is 11.3 Å². The molecule has 2 nitrogen and oxygen atoms in total. The van der Waals surface area contributed by atoms with Gasteiger partial charge in [0.15, 0.2) is 0 Å². The number of rotatable bonds is 2. The Morgan fingerprint density at radius 1 is 1.50 bits per heavy atom. The Labute approximate surface area is 87.0 Å². The molecule has 1 rings (SSSR count). The Hall–Kier alpha value is -1.02. The van der Waals surface area contributed by atoms with Crippen molar-refractivity contribution in [2.45, 2.75) is 26.8 Å². The molecule has 0 unspecified atom stereocenters. The minimum absolute atomic E-state index is 0.518. The Kier molecular flexibility index (Phi) is 3.96. The topological polar surface area (TPSA) is 15.3 Å². The van der Waals surface area contributed by atoms with Crippen LogP contribution in [0.2, 0.25) is 0 Å². The maximum Gasteiger partial charge on any atom is 0.0687 e. The van der Waals surface area contributed by atoms with E-state index >= 15 is 0 Å². The molecule has 0 spiro atoms. The fourth-order valence-electron chi connectivity index (χ4n) is 1.70.